The van der Waals surface area contributed by atoms with Gasteiger partial charge in [0.05, 0.1) is 11.2 Å². The monoisotopic (exact) mass is 416 g/mol. The number of ether oxygens (including phenoxy) is 1. The van der Waals surface area contributed by atoms with Crippen LogP contribution >= 0.6 is 31.3 Å². The second kappa shape index (κ2) is 7.97. The predicted octanol–water partition coefficient (Wildman–Crippen LogP) is 3.64. The first-order valence-corrected chi connectivity index (χ1v) is 11.2. The summed E-state index contributed by atoms with van der Waals surface area (Å²) >= 11 is 1.62. The summed E-state index contributed by atoms with van der Waals surface area (Å²) in [5.41, 5.74) is 6.10. The maximum Gasteiger partial charge on any atom is 0.362 e. The molecule has 0 radical (unpaired) electrons. The molecule has 26 heavy (non-hydrogen) atoms. The lowest BCUT2D eigenvalue weighted by molar-refractivity contribution is 0.220. The minimum atomic E-state index is -4.21. The van der Waals surface area contributed by atoms with Crippen LogP contribution in [-0.2, 0) is 17.5 Å². The number of hydrogen-bond acceptors (Lipinski definition) is 5. The molecule has 2 aliphatic rings. The highest BCUT2D eigenvalue weighted by atomic mass is 35.5. The SMILES string of the molecule is Cl.O=P(O)(O)COc1ccc(CN2CCCCC2)c2c1-c1ncsc1C2. The van der Waals surface area contributed by atoms with Crippen molar-refractivity contribution >= 4 is 31.3 Å². The highest BCUT2D eigenvalue weighted by Crippen LogP contribution is 2.46. The molecular formula is C17H22ClN2O4PS. The van der Waals surface area contributed by atoms with Gasteiger partial charge in [-0.25, -0.2) is 4.98 Å². The maximum absolute atomic E-state index is 11.2. The van der Waals surface area contributed by atoms with Gasteiger partial charge in [0.25, 0.3) is 0 Å². The first kappa shape index (κ1) is 19.8. The molecule has 0 amide bonds. The molecule has 0 bridgehead atoms. The molecule has 1 aromatic heterocycles. The van der Waals surface area contributed by atoms with Crippen molar-refractivity contribution in [2.24, 2.45) is 0 Å². The summed E-state index contributed by atoms with van der Waals surface area (Å²) in [6.07, 6.45) is 4.03. The van der Waals surface area contributed by atoms with Gasteiger partial charge in [-0.15, -0.1) is 23.7 Å². The lowest BCUT2D eigenvalue weighted by Gasteiger charge is -2.27. The van der Waals surface area contributed by atoms with Crippen molar-refractivity contribution in [1.29, 1.82) is 0 Å². The number of likely N-dealkylation sites (tertiary alicyclic amines) is 1. The molecular weight excluding hydrogens is 395 g/mol. The third-order valence-electron chi connectivity index (χ3n) is 4.82. The Morgan fingerprint density at radius 3 is 2.73 bits per heavy atom. The highest BCUT2D eigenvalue weighted by molar-refractivity contribution is 7.51. The Morgan fingerprint density at radius 2 is 2.00 bits per heavy atom. The third-order valence-corrected chi connectivity index (χ3v) is 6.12. The third kappa shape index (κ3) is 4.14. The summed E-state index contributed by atoms with van der Waals surface area (Å²) in [4.78, 5) is 26.4. The van der Waals surface area contributed by atoms with E-state index in [1.165, 1.54) is 35.3 Å². The van der Waals surface area contributed by atoms with E-state index >= 15 is 0 Å². The zero-order chi connectivity index (χ0) is 17.4. The lowest BCUT2D eigenvalue weighted by Crippen LogP contribution is -2.29. The van der Waals surface area contributed by atoms with E-state index in [9.17, 15) is 4.57 Å². The fourth-order valence-corrected chi connectivity index (χ4v) is 4.76. The van der Waals surface area contributed by atoms with E-state index in [2.05, 4.69) is 9.88 Å². The first-order chi connectivity index (χ1) is 12.0. The summed E-state index contributed by atoms with van der Waals surface area (Å²) in [5.74, 6) is 0.519. The largest absolute Gasteiger partial charge is 0.480 e. The van der Waals surface area contributed by atoms with Gasteiger partial charge in [-0.3, -0.25) is 9.46 Å². The van der Waals surface area contributed by atoms with E-state index in [4.69, 9.17) is 14.5 Å². The van der Waals surface area contributed by atoms with Crippen molar-refractivity contribution in [3.63, 3.8) is 0 Å². The van der Waals surface area contributed by atoms with Gasteiger partial charge in [0.15, 0.2) is 6.35 Å². The van der Waals surface area contributed by atoms with Crippen molar-refractivity contribution in [1.82, 2.24) is 9.88 Å². The number of hydrogen-bond donors (Lipinski definition) is 2. The van der Waals surface area contributed by atoms with Gasteiger partial charge in [-0.05, 0) is 43.1 Å². The van der Waals surface area contributed by atoms with Crippen LogP contribution in [0.1, 0.15) is 35.3 Å². The Morgan fingerprint density at radius 1 is 1.23 bits per heavy atom. The van der Waals surface area contributed by atoms with E-state index in [0.717, 1.165) is 37.3 Å². The lowest BCUT2D eigenvalue weighted by atomic mass is 10.00. The van der Waals surface area contributed by atoms with Crippen molar-refractivity contribution < 1.29 is 19.1 Å². The average Bonchev–Trinajstić information content (AvgIpc) is 3.16. The van der Waals surface area contributed by atoms with Crippen LogP contribution in [0.4, 0.5) is 0 Å². The summed E-state index contributed by atoms with van der Waals surface area (Å²) in [6, 6.07) is 3.88. The van der Waals surface area contributed by atoms with Gasteiger partial charge in [0, 0.05) is 23.4 Å². The molecule has 2 heterocycles. The fourth-order valence-electron chi connectivity index (χ4n) is 3.67. The van der Waals surface area contributed by atoms with Crippen molar-refractivity contribution in [3.8, 4) is 17.0 Å². The van der Waals surface area contributed by atoms with Gasteiger partial charge in [-0.1, -0.05) is 12.5 Å². The molecule has 0 saturated carbocycles. The predicted molar refractivity (Wildman–Crippen MR) is 104 cm³/mol. The molecule has 9 heteroatoms. The quantitative estimate of drug-likeness (QED) is 0.618. The van der Waals surface area contributed by atoms with Gasteiger partial charge >= 0.3 is 7.60 Å². The molecule has 6 nitrogen and oxygen atoms in total. The standard InChI is InChI=1S/C17H21N2O4PS.ClH/c20-24(21,22)11-23-14-5-4-12(9-19-6-2-1-3-7-19)13-8-15-17(16(13)14)18-10-25-15;/h4-5,10H,1-3,6-9,11H2,(H2,20,21,22);1H. The number of halogens is 1. The summed E-state index contributed by atoms with van der Waals surface area (Å²) in [7, 11) is -4.21. The smallest absolute Gasteiger partial charge is 0.362 e. The molecule has 4 rings (SSSR count). The number of aromatic nitrogens is 1. The molecule has 1 saturated heterocycles. The first-order valence-electron chi connectivity index (χ1n) is 8.48. The molecule has 2 N–H and O–H groups in total. The Labute approximate surface area is 162 Å². The van der Waals surface area contributed by atoms with E-state index in [1.807, 2.05) is 17.6 Å². The van der Waals surface area contributed by atoms with Crippen LogP contribution in [0.5, 0.6) is 5.75 Å². The van der Waals surface area contributed by atoms with Crippen molar-refractivity contribution in [2.75, 3.05) is 19.4 Å². The molecule has 0 atom stereocenters. The topological polar surface area (TPSA) is 82.9 Å². The Hall–Kier alpha value is -0.950. The van der Waals surface area contributed by atoms with E-state index in [0.29, 0.717) is 5.75 Å². The summed E-state index contributed by atoms with van der Waals surface area (Å²) in [5, 5.41) is 0. The molecule has 2 aromatic rings. The summed E-state index contributed by atoms with van der Waals surface area (Å²) in [6.45, 7) is 3.17. The fraction of sp³-hybridized carbons (Fsp3) is 0.471. The molecule has 1 aliphatic carbocycles. The van der Waals surface area contributed by atoms with Crippen molar-refractivity contribution in [3.05, 3.63) is 33.6 Å². The zero-order valence-corrected chi connectivity index (χ0v) is 16.8. The van der Waals surface area contributed by atoms with Crippen LogP contribution in [0.25, 0.3) is 11.3 Å². The Balaban J connectivity index is 0.00000196. The maximum atomic E-state index is 11.2. The molecule has 1 fully saturated rings. The molecule has 1 aliphatic heterocycles. The van der Waals surface area contributed by atoms with Gasteiger partial charge in [0.2, 0.25) is 0 Å². The number of piperidine rings is 1. The second-order valence-electron chi connectivity index (χ2n) is 6.65. The highest BCUT2D eigenvalue weighted by Gasteiger charge is 2.29. The number of benzene rings is 1. The van der Waals surface area contributed by atoms with E-state index in [-0.39, 0.29) is 12.4 Å². The van der Waals surface area contributed by atoms with Crippen LogP contribution in [0, 0.1) is 0 Å². The van der Waals surface area contributed by atoms with Crippen LogP contribution in [0.3, 0.4) is 0 Å². The van der Waals surface area contributed by atoms with Crippen LogP contribution in [-0.4, -0.2) is 39.1 Å². The minimum absolute atomic E-state index is 0. The van der Waals surface area contributed by atoms with Gasteiger partial charge in [0.1, 0.15) is 5.75 Å². The molecule has 0 unspecified atom stereocenters. The number of thiazole rings is 1. The second-order valence-corrected chi connectivity index (χ2v) is 9.18. The van der Waals surface area contributed by atoms with Crippen molar-refractivity contribution in [2.45, 2.75) is 32.2 Å². The molecule has 142 valence electrons. The van der Waals surface area contributed by atoms with E-state index < -0.39 is 13.9 Å². The number of rotatable bonds is 5. The normalized spacial score (nSPS) is 16.7. The van der Waals surface area contributed by atoms with Gasteiger partial charge in [-0.2, -0.15) is 0 Å². The van der Waals surface area contributed by atoms with Crippen LogP contribution in [0.2, 0.25) is 0 Å². The zero-order valence-electron chi connectivity index (χ0n) is 14.3. The van der Waals surface area contributed by atoms with E-state index in [1.54, 1.807) is 11.3 Å². The Kier molecular flexibility index (Phi) is 6.07. The Bertz CT molecular complexity index is 832. The number of fused-ring (bicyclic) bond motifs is 3. The molecule has 0 spiro atoms. The average molecular weight is 417 g/mol. The number of nitrogens with zero attached hydrogens (tertiary/aromatic N) is 2. The van der Waals surface area contributed by atoms with Gasteiger partial charge < -0.3 is 14.5 Å². The minimum Gasteiger partial charge on any atom is -0.480 e. The van der Waals surface area contributed by atoms with Crippen LogP contribution in [0.15, 0.2) is 17.6 Å². The van der Waals surface area contributed by atoms with Crippen LogP contribution < -0.4 is 4.74 Å². The summed E-state index contributed by atoms with van der Waals surface area (Å²) < 4.78 is 16.7. The molecule has 1 aromatic carbocycles.